The van der Waals surface area contributed by atoms with Gasteiger partial charge in [0.1, 0.15) is 0 Å². The summed E-state index contributed by atoms with van der Waals surface area (Å²) in [6.07, 6.45) is 0.820. The fourth-order valence-electron chi connectivity index (χ4n) is 3.61. The van der Waals surface area contributed by atoms with Gasteiger partial charge in [0.15, 0.2) is 11.5 Å². The van der Waals surface area contributed by atoms with Crippen LogP contribution in [0.15, 0.2) is 66.7 Å². The highest BCUT2D eigenvalue weighted by molar-refractivity contribution is 6.08. The zero-order chi connectivity index (χ0) is 22.7. The van der Waals surface area contributed by atoms with Crippen molar-refractivity contribution in [1.82, 2.24) is 0 Å². The number of alkyl halides is 2. The van der Waals surface area contributed by atoms with Gasteiger partial charge in [-0.2, -0.15) is 8.78 Å². The van der Waals surface area contributed by atoms with E-state index in [1.807, 2.05) is 24.3 Å². The quantitative estimate of drug-likeness (QED) is 0.603. The number of nitrogens with zero attached hydrogens (tertiary/aromatic N) is 1. The van der Waals surface area contributed by atoms with E-state index in [1.54, 1.807) is 29.2 Å². The molecule has 2 amide bonds. The van der Waals surface area contributed by atoms with E-state index in [1.165, 1.54) is 25.3 Å². The first-order valence-electron chi connectivity index (χ1n) is 9.90. The number of anilines is 2. The highest BCUT2D eigenvalue weighted by Gasteiger charge is 2.25. The van der Waals surface area contributed by atoms with E-state index in [-0.39, 0.29) is 23.0 Å². The third kappa shape index (κ3) is 4.39. The lowest BCUT2D eigenvalue weighted by molar-refractivity contribution is -0.0512. The molecule has 1 aliphatic heterocycles. The second-order valence-electron chi connectivity index (χ2n) is 7.11. The molecule has 8 heteroatoms. The summed E-state index contributed by atoms with van der Waals surface area (Å²) in [4.78, 5) is 27.2. The number of para-hydroxylation sites is 1. The van der Waals surface area contributed by atoms with Crippen LogP contribution in [-0.2, 0) is 6.42 Å². The average molecular weight is 438 g/mol. The summed E-state index contributed by atoms with van der Waals surface area (Å²) in [5.41, 5.74) is 3.26. The number of hydrogen-bond acceptors (Lipinski definition) is 4. The summed E-state index contributed by atoms with van der Waals surface area (Å²) < 4.78 is 34.3. The molecule has 0 radical (unpaired) electrons. The van der Waals surface area contributed by atoms with Crippen molar-refractivity contribution in [3.05, 3.63) is 83.4 Å². The number of halogens is 2. The molecular weight excluding hydrogens is 418 g/mol. The van der Waals surface area contributed by atoms with Crippen LogP contribution in [0.5, 0.6) is 11.5 Å². The van der Waals surface area contributed by atoms with E-state index in [2.05, 4.69) is 10.1 Å². The topological polar surface area (TPSA) is 67.9 Å². The molecule has 164 valence electrons. The van der Waals surface area contributed by atoms with E-state index in [4.69, 9.17) is 4.74 Å². The SMILES string of the molecule is COc1cc(C(=O)Nc2ccc(C(=O)N3CCc4ccccc43)cc2)ccc1OC(F)F. The van der Waals surface area contributed by atoms with Gasteiger partial charge in [-0.1, -0.05) is 18.2 Å². The normalized spacial score (nSPS) is 12.4. The standard InChI is InChI=1S/C24H20F2N2O4/c1-31-21-14-17(8-11-20(21)32-24(25)26)22(29)27-18-9-6-16(7-10-18)23(30)28-13-12-15-4-2-3-5-19(15)28/h2-11,14,24H,12-13H2,1H3,(H,27,29). The molecule has 0 bridgehead atoms. The summed E-state index contributed by atoms with van der Waals surface area (Å²) in [7, 11) is 1.30. The Balaban J connectivity index is 1.45. The highest BCUT2D eigenvalue weighted by atomic mass is 19.3. The first-order chi connectivity index (χ1) is 15.5. The molecule has 0 saturated carbocycles. The lowest BCUT2D eigenvalue weighted by Crippen LogP contribution is -2.28. The molecule has 0 atom stereocenters. The maximum absolute atomic E-state index is 12.9. The molecule has 4 rings (SSSR count). The number of carbonyl (C=O) groups is 2. The van der Waals surface area contributed by atoms with Gasteiger partial charge in [0, 0.05) is 29.0 Å². The summed E-state index contributed by atoms with van der Waals surface area (Å²) in [6, 6.07) is 18.3. The molecule has 0 unspecified atom stereocenters. The maximum Gasteiger partial charge on any atom is 0.387 e. The van der Waals surface area contributed by atoms with Crippen molar-refractivity contribution < 1.29 is 27.8 Å². The van der Waals surface area contributed by atoms with Gasteiger partial charge in [-0.15, -0.1) is 0 Å². The lowest BCUT2D eigenvalue weighted by atomic mass is 10.1. The van der Waals surface area contributed by atoms with Crippen LogP contribution in [0.2, 0.25) is 0 Å². The van der Waals surface area contributed by atoms with Crippen LogP contribution < -0.4 is 19.7 Å². The molecule has 3 aromatic rings. The second-order valence-corrected chi connectivity index (χ2v) is 7.11. The second kappa shape index (κ2) is 9.05. The van der Waals surface area contributed by atoms with Crippen LogP contribution in [0, 0.1) is 0 Å². The lowest BCUT2D eigenvalue weighted by Gasteiger charge is -2.17. The monoisotopic (exact) mass is 438 g/mol. The molecule has 32 heavy (non-hydrogen) atoms. The Morgan fingerprint density at radius 2 is 1.69 bits per heavy atom. The van der Waals surface area contributed by atoms with Crippen LogP contribution in [0.25, 0.3) is 0 Å². The average Bonchev–Trinajstić information content (AvgIpc) is 3.23. The molecule has 0 saturated heterocycles. The van der Waals surface area contributed by atoms with Gasteiger partial charge in [-0.05, 0) is 60.5 Å². The maximum atomic E-state index is 12.9. The van der Waals surface area contributed by atoms with Crippen LogP contribution in [-0.4, -0.2) is 32.1 Å². The van der Waals surface area contributed by atoms with Gasteiger partial charge < -0.3 is 19.7 Å². The minimum atomic E-state index is -3.00. The summed E-state index contributed by atoms with van der Waals surface area (Å²) in [5.74, 6) is -0.707. The molecule has 0 fully saturated rings. The van der Waals surface area contributed by atoms with E-state index in [0.29, 0.717) is 17.8 Å². The van der Waals surface area contributed by atoms with Gasteiger partial charge >= 0.3 is 6.61 Å². The molecule has 0 aromatic heterocycles. The smallest absolute Gasteiger partial charge is 0.387 e. The fourth-order valence-corrected chi connectivity index (χ4v) is 3.61. The molecule has 1 heterocycles. The summed E-state index contributed by atoms with van der Waals surface area (Å²) >= 11 is 0. The third-order valence-corrected chi connectivity index (χ3v) is 5.16. The van der Waals surface area contributed by atoms with E-state index < -0.39 is 12.5 Å². The van der Waals surface area contributed by atoms with Crippen molar-refractivity contribution in [1.29, 1.82) is 0 Å². The Morgan fingerprint density at radius 3 is 2.41 bits per heavy atom. The zero-order valence-electron chi connectivity index (χ0n) is 17.2. The van der Waals surface area contributed by atoms with Crippen molar-refractivity contribution in [2.75, 3.05) is 23.9 Å². The fraction of sp³-hybridized carbons (Fsp3) is 0.167. The van der Waals surface area contributed by atoms with Gasteiger partial charge in [-0.3, -0.25) is 9.59 Å². The largest absolute Gasteiger partial charge is 0.493 e. The molecule has 0 spiro atoms. The minimum Gasteiger partial charge on any atom is -0.493 e. The number of methoxy groups -OCH3 is 1. The van der Waals surface area contributed by atoms with Crippen LogP contribution >= 0.6 is 0 Å². The molecule has 1 aliphatic rings. The summed E-state index contributed by atoms with van der Waals surface area (Å²) in [5, 5.41) is 2.71. The van der Waals surface area contributed by atoms with E-state index >= 15 is 0 Å². The molecule has 3 aromatic carbocycles. The van der Waals surface area contributed by atoms with Crippen LogP contribution in [0.3, 0.4) is 0 Å². The predicted molar refractivity (Wildman–Crippen MR) is 116 cm³/mol. The Morgan fingerprint density at radius 1 is 0.969 bits per heavy atom. The van der Waals surface area contributed by atoms with Gasteiger partial charge in [0.25, 0.3) is 11.8 Å². The number of fused-ring (bicyclic) bond motifs is 1. The van der Waals surface area contributed by atoms with Crippen LogP contribution in [0.4, 0.5) is 20.2 Å². The molecule has 1 N–H and O–H groups in total. The summed E-state index contributed by atoms with van der Waals surface area (Å²) in [6.45, 7) is -2.37. The Labute approximate surface area is 183 Å². The van der Waals surface area contributed by atoms with Crippen molar-refractivity contribution >= 4 is 23.2 Å². The Kier molecular flexibility index (Phi) is 6.02. The minimum absolute atomic E-state index is 0.0183. The number of hydrogen-bond donors (Lipinski definition) is 1. The molecule has 6 nitrogen and oxygen atoms in total. The number of rotatable bonds is 6. The van der Waals surface area contributed by atoms with E-state index in [0.717, 1.165) is 17.7 Å². The van der Waals surface area contributed by atoms with Crippen molar-refractivity contribution in [3.63, 3.8) is 0 Å². The number of ether oxygens (including phenoxy) is 2. The van der Waals surface area contributed by atoms with Crippen molar-refractivity contribution in [3.8, 4) is 11.5 Å². The third-order valence-electron chi connectivity index (χ3n) is 5.16. The van der Waals surface area contributed by atoms with Crippen molar-refractivity contribution in [2.24, 2.45) is 0 Å². The molecule has 0 aliphatic carbocycles. The molecular formula is C24H20F2N2O4. The van der Waals surface area contributed by atoms with Gasteiger partial charge in [0.05, 0.1) is 7.11 Å². The Bertz CT molecular complexity index is 1150. The van der Waals surface area contributed by atoms with Crippen molar-refractivity contribution in [2.45, 2.75) is 13.0 Å². The van der Waals surface area contributed by atoms with E-state index in [9.17, 15) is 18.4 Å². The zero-order valence-corrected chi connectivity index (χ0v) is 17.2. The number of amides is 2. The Hall–Kier alpha value is -3.94. The first kappa shape index (κ1) is 21.3. The first-order valence-corrected chi connectivity index (χ1v) is 9.90. The highest BCUT2D eigenvalue weighted by Crippen LogP contribution is 2.30. The number of nitrogens with one attached hydrogen (secondary N) is 1. The predicted octanol–water partition coefficient (Wildman–Crippen LogP) is 4.75. The number of benzene rings is 3. The van der Waals surface area contributed by atoms with Crippen LogP contribution in [0.1, 0.15) is 26.3 Å². The van der Waals surface area contributed by atoms with Gasteiger partial charge in [0.2, 0.25) is 0 Å². The van der Waals surface area contributed by atoms with Gasteiger partial charge in [-0.25, -0.2) is 0 Å². The number of carbonyl (C=O) groups excluding carboxylic acids is 2.